The standard InChI is InChI=1S/C9H9BF5O3/c1-16-10(17-2,18-3)4-5(11)7(13)9(15)8(14)6(4)12/h1-3H3/q-1. The molecular formula is C9H9BF5O3-. The average Bonchev–Trinajstić information content (AvgIpc) is 2.39. The Morgan fingerprint density at radius 2 is 0.889 bits per heavy atom. The zero-order valence-corrected chi connectivity index (χ0v) is 9.69. The summed E-state index contributed by atoms with van der Waals surface area (Å²) in [5, 5.41) is 0. The second-order valence-corrected chi connectivity index (χ2v) is 3.33. The van der Waals surface area contributed by atoms with Crippen LogP contribution in [-0.4, -0.2) is 28.1 Å². The number of benzene rings is 1. The molecule has 18 heavy (non-hydrogen) atoms. The minimum absolute atomic E-state index is 0.949. The summed E-state index contributed by atoms with van der Waals surface area (Å²) in [4.78, 5) is 0. The highest BCUT2D eigenvalue weighted by Gasteiger charge is 2.38. The lowest BCUT2D eigenvalue weighted by atomic mass is 9.68. The minimum Gasteiger partial charge on any atom is -0.543 e. The molecule has 1 aromatic carbocycles. The van der Waals surface area contributed by atoms with Crippen LogP contribution >= 0.6 is 0 Å². The first-order valence-corrected chi connectivity index (χ1v) is 4.67. The van der Waals surface area contributed by atoms with E-state index in [-0.39, 0.29) is 0 Å². The summed E-state index contributed by atoms with van der Waals surface area (Å²) >= 11 is 0. The number of halogens is 5. The molecule has 0 aliphatic rings. The molecule has 0 saturated carbocycles. The molecule has 0 N–H and O–H groups in total. The van der Waals surface area contributed by atoms with E-state index < -0.39 is 41.3 Å². The van der Waals surface area contributed by atoms with Crippen molar-refractivity contribution in [3.05, 3.63) is 29.1 Å². The highest BCUT2D eigenvalue weighted by molar-refractivity contribution is 6.75. The van der Waals surface area contributed by atoms with Crippen LogP contribution < -0.4 is 5.46 Å². The lowest BCUT2D eigenvalue weighted by Crippen LogP contribution is -2.58. The molecule has 0 atom stereocenters. The van der Waals surface area contributed by atoms with Gasteiger partial charge in [0, 0.05) is 0 Å². The van der Waals surface area contributed by atoms with Gasteiger partial charge in [-0.25, -0.2) is 22.0 Å². The van der Waals surface area contributed by atoms with Crippen molar-refractivity contribution in [2.75, 3.05) is 21.3 Å². The van der Waals surface area contributed by atoms with E-state index in [0.29, 0.717) is 0 Å². The van der Waals surface area contributed by atoms with Crippen molar-refractivity contribution in [2.45, 2.75) is 0 Å². The van der Waals surface area contributed by atoms with E-state index in [2.05, 4.69) is 14.0 Å². The van der Waals surface area contributed by atoms with Crippen molar-refractivity contribution in [3.8, 4) is 0 Å². The largest absolute Gasteiger partial charge is 0.543 e. The Morgan fingerprint density at radius 3 is 1.17 bits per heavy atom. The molecule has 0 spiro atoms. The van der Waals surface area contributed by atoms with Gasteiger partial charge >= 0.3 is 6.75 Å². The third-order valence-electron chi connectivity index (χ3n) is 2.53. The summed E-state index contributed by atoms with van der Waals surface area (Å²) in [5.74, 6) is -10.6. The van der Waals surface area contributed by atoms with Crippen LogP contribution in [0.4, 0.5) is 22.0 Å². The topological polar surface area (TPSA) is 27.7 Å². The maximum Gasteiger partial charge on any atom is 0.415 e. The van der Waals surface area contributed by atoms with Crippen LogP contribution in [0.15, 0.2) is 0 Å². The molecule has 1 rings (SSSR count). The normalized spacial score (nSPS) is 12.0. The van der Waals surface area contributed by atoms with Gasteiger partial charge in [0.1, 0.15) is 11.6 Å². The summed E-state index contributed by atoms with van der Waals surface area (Å²) < 4.78 is 79.8. The average molecular weight is 271 g/mol. The van der Waals surface area contributed by atoms with Crippen LogP contribution in [-0.2, 0) is 14.0 Å². The van der Waals surface area contributed by atoms with Crippen molar-refractivity contribution < 1.29 is 35.9 Å². The number of rotatable bonds is 4. The monoisotopic (exact) mass is 271 g/mol. The van der Waals surface area contributed by atoms with Gasteiger partial charge in [-0.15, -0.1) is 0 Å². The van der Waals surface area contributed by atoms with E-state index in [0.717, 1.165) is 21.3 Å². The smallest absolute Gasteiger partial charge is 0.415 e. The molecule has 1 aromatic rings. The van der Waals surface area contributed by atoms with E-state index in [1.54, 1.807) is 0 Å². The van der Waals surface area contributed by atoms with Gasteiger partial charge in [0.25, 0.3) is 0 Å². The van der Waals surface area contributed by atoms with E-state index in [1.807, 2.05) is 0 Å². The van der Waals surface area contributed by atoms with E-state index in [1.165, 1.54) is 0 Å². The first-order chi connectivity index (χ1) is 8.36. The summed E-state index contributed by atoms with van der Waals surface area (Å²) in [6, 6.07) is 0. The van der Waals surface area contributed by atoms with Crippen molar-refractivity contribution in [3.63, 3.8) is 0 Å². The molecule has 0 aliphatic carbocycles. The zero-order valence-electron chi connectivity index (χ0n) is 9.69. The van der Waals surface area contributed by atoms with Crippen LogP contribution in [0.25, 0.3) is 0 Å². The molecule has 9 heteroatoms. The molecule has 3 nitrogen and oxygen atoms in total. The molecule has 0 aliphatic heterocycles. The quantitative estimate of drug-likeness (QED) is 0.359. The van der Waals surface area contributed by atoms with Crippen molar-refractivity contribution >= 4 is 12.2 Å². The Bertz CT molecular complexity index is 427. The SMILES string of the molecule is CO[B-](OC)(OC)c1c(F)c(F)c(F)c(F)c1F. The number of hydrogen-bond acceptors (Lipinski definition) is 3. The minimum atomic E-state index is -3.26. The Labute approximate surface area is 99.5 Å². The molecule has 0 heterocycles. The van der Waals surface area contributed by atoms with Crippen molar-refractivity contribution in [1.82, 2.24) is 0 Å². The van der Waals surface area contributed by atoms with Gasteiger partial charge in [0.05, 0.1) is 0 Å². The molecule has 0 saturated heterocycles. The summed E-state index contributed by atoms with van der Waals surface area (Å²) in [6.07, 6.45) is 0. The highest BCUT2D eigenvalue weighted by atomic mass is 19.2. The predicted octanol–water partition coefficient (Wildman–Crippen LogP) is 1.47. The van der Waals surface area contributed by atoms with Crippen LogP contribution in [0.5, 0.6) is 0 Å². The fourth-order valence-corrected chi connectivity index (χ4v) is 1.57. The first-order valence-electron chi connectivity index (χ1n) is 4.67. The predicted molar refractivity (Wildman–Crippen MR) is 52.6 cm³/mol. The molecule has 0 aromatic heterocycles. The molecule has 0 radical (unpaired) electrons. The van der Waals surface area contributed by atoms with Gasteiger partial charge in [0.15, 0.2) is 17.5 Å². The Balaban J connectivity index is 3.69. The van der Waals surface area contributed by atoms with E-state index >= 15 is 0 Å². The lowest BCUT2D eigenvalue weighted by Gasteiger charge is -2.38. The Kier molecular flexibility index (Phi) is 4.30. The van der Waals surface area contributed by atoms with Gasteiger partial charge in [-0.1, -0.05) is 0 Å². The van der Waals surface area contributed by atoms with Gasteiger partial charge in [0.2, 0.25) is 0 Å². The van der Waals surface area contributed by atoms with E-state index in [9.17, 15) is 22.0 Å². The third-order valence-corrected chi connectivity index (χ3v) is 2.53. The lowest BCUT2D eigenvalue weighted by molar-refractivity contribution is 0.137. The molecule has 0 fully saturated rings. The van der Waals surface area contributed by atoms with Gasteiger partial charge < -0.3 is 14.0 Å². The number of hydrogen-bond donors (Lipinski definition) is 0. The second kappa shape index (κ2) is 5.21. The van der Waals surface area contributed by atoms with Gasteiger partial charge in [-0.05, 0) is 26.8 Å². The summed E-state index contributed by atoms with van der Waals surface area (Å²) in [5.41, 5.74) is -1.29. The van der Waals surface area contributed by atoms with E-state index in [4.69, 9.17) is 0 Å². The third kappa shape index (κ3) is 1.98. The molecule has 0 unspecified atom stereocenters. The van der Waals surface area contributed by atoms with Crippen LogP contribution in [0.3, 0.4) is 0 Å². The maximum atomic E-state index is 13.5. The first kappa shape index (κ1) is 14.9. The molecular weight excluding hydrogens is 262 g/mol. The second-order valence-electron chi connectivity index (χ2n) is 3.33. The van der Waals surface area contributed by atoms with Gasteiger partial charge in [-0.2, -0.15) is 0 Å². The summed E-state index contributed by atoms with van der Waals surface area (Å²) in [6.45, 7) is -3.26. The van der Waals surface area contributed by atoms with Crippen molar-refractivity contribution in [2.24, 2.45) is 0 Å². The fraction of sp³-hybridized carbons (Fsp3) is 0.333. The molecule has 0 bridgehead atoms. The van der Waals surface area contributed by atoms with Crippen molar-refractivity contribution in [1.29, 1.82) is 0 Å². The maximum absolute atomic E-state index is 13.5. The summed E-state index contributed by atoms with van der Waals surface area (Å²) in [7, 11) is 2.85. The zero-order chi connectivity index (χ0) is 14.1. The van der Waals surface area contributed by atoms with Crippen LogP contribution in [0, 0.1) is 29.1 Å². The van der Waals surface area contributed by atoms with Crippen LogP contribution in [0.2, 0.25) is 0 Å². The fourth-order valence-electron chi connectivity index (χ4n) is 1.57. The molecule has 0 amide bonds. The Morgan fingerprint density at radius 1 is 0.611 bits per heavy atom. The Hall–Kier alpha value is -1.19. The van der Waals surface area contributed by atoms with Gasteiger partial charge in [-0.3, -0.25) is 0 Å². The van der Waals surface area contributed by atoms with Crippen LogP contribution in [0.1, 0.15) is 0 Å². The highest BCUT2D eigenvalue weighted by Crippen LogP contribution is 2.20. The molecule has 102 valence electrons.